The summed E-state index contributed by atoms with van der Waals surface area (Å²) < 4.78 is 17.0. The molecular weight excluding hydrogens is 1020 g/mol. The standard InChI is InChI=1S/C77H126O6/c1-4-7-10-13-16-19-22-25-28-31-34-37-38-41-43-46-49-52-55-58-61-64-67-70-76(79)82-73-74(83-77(80)71-68-65-62-59-56-53-50-47-44-40-36-33-30-27-24-21-18-15-12-9-6-3)72-81-75(78)69-66-63-60-57-54-51-48-45-42-39-35-32-29-26-23-20-17-14-11-8-5-2/h7,9-10,12,16,18-19,21,23,25-28,30,32,34-37,40-41,43,47,50,74H,4-6,8,11,13-15,17,20,22,24,29,31,33,38-39,42,44-46,48-49,51-73H2,1-3H3/b10-7-,12-9-,19-16-,21-18-,26-23-,28-25-,30-27-,35-32-,37-34-,40-36-,43-41-,50-47-. The van der Waals surface area contributed by atoms with Crippen molar-refractivity contribution in [3.8, 4) is 0 Å². The van der Waals surface area contributed by atoms with Crippen molar-refractivity contribution in [2.24, 2.45) is 0 Å². The second kappa shape index (κ2) is 69.8. The molecule has 1 atom stereocenters. The predicted molar refractivity (Wildman–Crippen MR) is 362 cm³/mol. The van der Waals surface area contributed by atoms with Crippen LogP contribution in [0.3, 0.4) is 0 Å². The fraction of sp³-hybridized carbons (Fsp3) is 0.649. The molecule has 0 saturated carbocycles. The summed E-state index contributed by atoms with van der Waals surface area (Å²) in [5, 5.41) is 0. The quantitative estimate of drug-likeness (QED) is 0.0261. The summed E-state index contributed by atoms with van der Waals surface area (Å²) in [6.07, 6.45) is 99.9. The van der Waals surface area contributed by atoms with E-state index in [0.717, 1.165) is 154 Å². The first-order chi connectivity index (χ1) is 41.0. The zero-order valence-electron chi connectivity index (χ0n) is 53.9. The fourth-order valence-electron chi connectivity index (χ4n) is 9.23. The average molecular weight is 1150 g/mol. The summed E-state index contributed by atoms with van der Waals surface area (Å²) in [5.41, 5.74) is 0. The third-order valence-corrected chi connectivity index (χ3v) is 14.3. The van der Waals surface area contributed by atoms with E-state index in [1.807, 2.05) is 0 Å². The fourth-order valence-corrected chi connectivity index (χ4v) is 9.23. The third kappa shape index (κ3) is 68.0. The first-order valence-corrected chi connectivity index (χ1v) is 34.3. The maximum atomic E-state index is 13.0. The average Bonchev–Trinajstić information content (AvgIpc) is 3.49. The molecule has 0 aromatic rings. The molecule has 0 rings (SSSR count). The molecule has 0 aliphatic carbocycles. The Morgan fingerprint density at radius 2 is 0.470 bits per heavy atom. The number of ether oxygens (including phenoxy) is 3. The molecule has 0 aromatic heterocycles. The molecule has 0 bridgehead atoms. The molecule has 6 nitrogen and oxygen atoms in total. The van der Waals surface area contributed by atoms with E-state index < -0.39 is 6.10 Å². The number of carbonyl (C=O) groups is 3. The Balaban J connectivity index is 4.48. The van der Waals surface area contributed by atoms with Gasteiger partial charge in [-0.05, 0) is 141 Å². The lowest BCUT2D eigenvalue weighted by molar-refractivity contribution is -0.167. The Morgan fingerprint density at radius 3 is 0.735 bits per heavy atom. The van der Waals surface area contributed by atoms with Crippen LogP contribution < -0.4 is 0 Å². The highest BCUT2D eigenvalue weighted by atomic mass is 16.6. The Bertz CT molecular complexity index is 1800. The summed E-state index contributed by atoms with van der Waals surface area (Å²) in [4.78, 5) is 38.5. The van der Waals surface area contributed by atoms with Crippen molar-refractivity contribution in [2.45, 2.75) is 309 Å². The Labute approximate surface area is 512 Å². The Kier molecular flexibility index (Phi) is 65.8. The normalized spacial score (nSPS) is 13.0. The summed E-state index contributed by atoms with van der Waals surface area (Å²) in [5.74, 6) is -0.926. The molecule has 1 unspecified atom stereocenters. The molecule has 0 N–H and O–H groups in total. The van der Waals surface area contributed by atoms with Gasteiger partial charge in [-0.3, -0.25) is 14.4 Å². The van der Waals surface area contributed by atoms with Crippen molar-refractivity contribution < 1.29 is 28.6 Å². The lowest BCUT2D eigenvalue weighted by atomic mass is 10.1. The van der Waals surface area contributed by atoms with Gasteiger partial charge in [-0.15, -0.1) is 0 Å². The van der Waals surface area contributed by atoms with Gasteiger partial charge < -0.3 is 14.2 Å². The van der Waals surface area contributed by atoms with E-state index in [0.29, 0.717) is 19.3 Å². The molecule has 83 heavy (non-hydrogen) atoms. The van der Waals surface area contributed by atoms with Crippen molar-refractivity contribution >= 4 is 17.9 Å². The maximum Gasteiger partial charge on any atom is 0.306 e. The lowest BCUT2D eigenvalue weighted by Crippen LogP contribution is -2.30. The number of esters is 3. The Morgan fingerprint density at radius 1 is 0.253 bits per heavy atom. The summed E-state index contributed by atoms with van der Waals surface area (Å²) >= 11 is 0. The topological polar surface area (TPSA) is 78.9 Å². The van der Waals surface area contributed by atoms with Gasteiger partial charge in [0.25, 0.3) is 0 Å². The molecule has 0 saturated heterocycles. The van der Waals surface area contributed by atoms with Gasteiger partial charge in [0.1, 0.15) is 13.2 Å². The van der Waals surface area contributed by atoms with Gasteiger partial charge in [0.2, 0.25) is 0 Å². The van der Waals surface area contributed by atoms with Gasteiger partial charge in [0, 0.05) is 19.3 Å². The van der Waals surface area contributed by atoms with E-state index >= 15 is 0 Å². The number of hydrogen-bond donors (Lipinski definition) is 0. The van der Waals surface area contributed by atoms with Crippen molar-refractivity contribution in [2.75, 3.05) is 13.2 Å². The number of rotatable bonds is 61. The van der Waals surface area contributed by atoms with Gasteiger partial charge in [0.15, 0.2) is 6.10 Å². The van der Waals surface area contributed by atoms with E-state index in [9.17, 15) is 14.4 Å². The summed E-state index contributed by atoms with van der Waals surface area (Å²) in [7, 11) is 0. The van der Waals surface area contributed by atoms with E-state index in [1.54, 1.807) is 0 Å². The van der Waals surface area contributed by atoms with Crippen molar-refractivity contribution in [3.05, 3.63) is 146 Å². The number of carbonyl (C=O) groups excluding carboxylic acids is 3. The van der Waals surface area contributed by atoms with Crippen LogP contribution in [0, 0.1) is 0 Å². The second-order valence-electron chi connectivity index (χ2n) is 22.3. The van der Waals surface area contributed by atoms with Crippen LogP contribution in [-0.4, -0.2) is 37.2 Å². The van der Waals surface area contributed by atoms with Gasteiger partial charge in [-0.1, -0.05) is 289 Å². The minimum Gasteiger partial charge on any atom is -0.462 e. The smallest absolute Gasteiger partial charge is 0.306 e. The molecule has 0 amide bonds. The van der Waals surface area contributed by atoms with Gasteiger partial charge in [-0.2, -0.15) is 0 Å². The van der Waals surface area contributed by atoms with Gasteiger partial charge in [0.05, 0.1) is 0 Å². The number of unbranched alkanes of at least 4 members (excludes halogenated alkanes) is 26. The van der Waals surface area contributed by atoms with Crippen LogP contribution >= 0.6 is 0 Å². The number of allylic oxidation sites excluding steroid dienone is 24. The molecule has 0 radical (unpaired) electrons. The molecule has 470 valence electrons. The third-order valence-electron chi connectivity index (χ3n) is 14.3. The van der Waals surface area contributed by atoms with Crippen LogP contribution in [0.5, 0.6) is 0 Å². The second-order valence-corrected chi connectivity index (χ2v) is 22.3. The molecule has 6 heteroatoms. The van der Waals surface area contributed by atoms with Crippen LogP contribution in [0.25, 0.3) is 0 Å². The lowest BCUT2D eigenvalue weighted by Gasteiger charge is -2.18. The molecule has 0 aliphatic rings. The minimum absolute atomic E-state index is 0.0964. The highest BCUT2D eigenvalue weighted by Gasteiger charge is 2.19. The first-order valence-electron chi connectivity index (χ1n) is 34.3. The van der Waals surface area contributed by atoms with E-state index in [4.69, 9.17) is 14.2 Å². The SMILES string of the molecule is CC/C=C\C/C=C\C/C=C\C/C=C\C/C=C\CCCCCCCCCC(=O)OCC(COC(=O)CCCCCCCCCCC/C=C\C/C=C\CCCCCCC)OC(=O)CCCCCCC/C=C\C/C=C\C/C=C\C/C=C\C/C=C\CC. The van der Waals surface area contributed by atoms with E-state index in [-0.39, 0.29) is 31.1 Å². The van der Waals surface area contributed by atoms with E-state index in [1.165, 1.54) is 109 Å². The molecule has 0 spiro atoms. The first kappa shape index (κ1) is 78.3. The summed E-state index contributed by atoms with van der Waals surface area (Å²) in [6, 6.07) is 0. The zero-order valence-corrected chi connectivity index (χ0v) is 53.9. The van der Waals surface area contributed by atoms with Crippen LogP contribution in [0.2, 0.25) is 0 Å². The maximum absolute atomic E-state index is 13.0. The largest absolute Gasteiger partial charge is 0.462 e. The monoisotopic (exact) mass is 1150 g/mol. The van der Waals surface area contributed by atoms with Crippen LogP contribution in [0.4, 0.5) is 0 Å². The highest BCUT2D eigenvalue weighted by Crippen LogP contribution is 2.15. The summed E-state index contributed by atoms with van der Waals surface area (Å²) in [6.45, 7) is 6.39. The zero-order chi connectivity index (χ0) is 59.9. The van der Waals surface area contributed by atoms with Crippen molar-refractivity contribution in [1.82, 2.24) is 0 Å². The Hall–Kier alpha value is -4.71. The molecule has 0 heterocycles. The van der Waals surface area contributed by atoms with Crippen molar-refractivity contribution in [3.63, 3.8) is 0 Å². The van der Waals surface area contributed by atoms with Crippen LogP contribution in [0.1, 0.15) is 303 Å². The van der Waals surface area contributed by atoms with Crippen LogP contribution in [-0.2, 0) is 28.6 Å². The number of hydrogen-bond acceptors (Lipinski definition) is 6. The van der Waals surface area contributed by atoms with Gasteiger partial charge >= 0.3 is 17.9 Å². The van der Waals surface area contributed by atoms with Crippen molar-refractivity contribution in [1.29, 1.82) is 0 Å². The minimum atomic E-state index is -0.804. The molecule has 0 aliphatic heterocycles. The van der Waals surface area contributed by atoms with Crippen LogP contribution in [0.15, 0.2) is 146 Å². The molecule has 0 aromatic carbocycles. The highest BCUT2D eigenvalue weighted by molar-refractivity contribution is 5.71. The molecule has 0 fully saturated rings. The predicted octanol–water partition coefficient (Wildman–Crippen LogP) is 23.9. The molecular formula is C77H126O6. The van der Waals surface area contributed by atoms with E-state index in [2.05, 4.69) is 167 Å². The van der Waals surface area contributed by atoms with Gasteiger partial charge in [-0.25, -0.2) is 0 Å².